The summed E-state index contributed by atoms with van der Waals surface area (Å²) in [5.74, 6) is -0.627. The summed E-state index contributed by atoms with van der Waals surface area (Å²) in [6.45, 7) is 0.417. The maximum absolute atomic E-state index is 12.4. The van der Waals surface area contributed by atoms with Gasteiger partial charge in [-0.1, -0.05) is 0 Å². The molecular formula is C11H16N4O5S. The molecule has 2 rings (SSSR count). The van der Waals surface area contributed by atoms with E-state index in [0.29, 0.717) is 19.4 Å². The Morgan fingerprint density at radius 3 is 2.67 bits per heavy atom. The molecule has 116 valence electrons. The lowest BCUT2D eigenvalue weighted by molar-refractivity contribution is -0.391. The zero-order valence-corrected chi connectivity index (χ0v) is 12.2. The molecule has 1 aromatic rings. The topological polar surface area (TPSA) is 129 Å². The van der Waals surface area contributed by atoms with Crippen molar-refractivity contribution in [3.63, 3.8) is 0 Å². The number of likely N-dealkylation sites (tertiary alicyclic amines) is 1. The third kappa shape index (κ3) is 3.05. The first-order valence-electron chi connectivity index (χ1n) is 6.33. The average molecular weight is 316 g/mol. The highest BCUT2D eigenvalue weighted by atomic mass is 32.2. The number of primary sulfonamides is 1. The fourth-order valence-electron chi connectivity index (χ4n) is 2.45. The number of carbonyl (C=O) groups excluding carboxylic acids is 1. The molecule has 2 N–H and O–H groups in total. The van der Waals surface area contributed by atoms with Gasteiger partial charge in [-0.15, -0.1) is 0 Å². The van der Waals surface area contributed by atoms with Crippen LogP contribution in [0.15, 0.2) is 12.1 Å². The van der Waals surface area contributed by atoms with Gasteiger partial charge in [0.05, 0.1) is 12.3 Å². The minimum absolute atomic E-state index is 0.0106. The second-order valence-corrected chi connectivity index (χ2v) is 6.84. The molecular weight excluding hydrogens is 300 g/mol. The molecule has 0 radical (unpaired) electrons. The molecule has 1 aliphatic heterocycles. The van der Waals surface area contributed by atoms with Crippen LogP contribution in [0, 0.1) is 10.1 Å². The quantitative estimate of drug-likeness (QED) is 0.611. The summed E-state index contributed by atoms with van der Waals surface area (Å²) in [5.41, 5.74) is 0.150. The molecule has 9 nitrogen and oxygen atoms in total. The molecule has 0 saturated carbocycles. The summed E-state index contributed by atoms with van der Waals surface area (Å²) in [6.07, 6.45) is 0.940. The molecule has 0 bridgehead atoms. The molecule has 1 atom stereocenters. The van der Waals surface area contributed by atoms with Gasteiger partial charge < -0.3 is 15.0 Å². The molecule has 1 aromatic heterocycles. The van der Waals surface area contributed by atoms with Gasteiger partial charge in [0.1, 0.15) is 0 Å². The zero-order chi connectivity index (χ0) is 15.8. The molecule has 10 heteroatoms. The Morgan fingerprint density at radius 1 is 1.48 bits per heavy atom. The number of amides is 1. The number of nitro groups is 1. The molecule has 1 unspecified atom stereocenters. The van der Waals surface area contributed by atoms with Crippen LogP contribution in [0.4, 0.5) is 5.82 Å². The highest BCUT2D eigenvalue weighted by Crippen LogP contribution is 2.20. The van der Waals surface area contributed by atoms with Crippen molar-refractivity contribution in [1.82, 2.24) is 9.47 Å². The Labute approximate surface area is 121 Å². The average Bonchev–Trinajstić information content (AvgIpc) is 2.79. The van der Waals surface area contributed by atoms with Crippen molar-refractivity contribution in [2.24, 2.45) is 12.2 Å². The standard InChI is InChI=1S/C11H16N4O5S/c1-13-9(4-5-10(13)15(17)18)11(16)14-6-2-3-8(7-14)21(12,19)20/h4-5,8H,2-3,6-7H2,1H3,(H2,12,19,20). The minimum atomic E-state index is -3.70. The van der Waals surface area contributed by atoms with Crippen molar-refractivity contribution < 1.29 is 18.1 Å². The number of hydrogen-bond acceptors (Lipinski definition) is 5. The van der Waals surface area contributed by atoms with E-state index in [1.807, 2.05) is 0 Å². The molecule has 0 spiro atoms. The van der Waals surface area contributed by atoms with E-state index in [9.17, 15) is 23.3 Å². The smallest absolute Gasteiger partial charge is 0.323 e. The van der Waals surface area contributed by atoms with Crippen LogP contribution >= 0.6 is 0 Å². The fraction of sp³-hybridized carbons (Fsp3) is 0.545. The number of aromatic nitrogens is 1. The van der Waals surface area contributed by atoms with Gasteiger partial charge in [0.15, 0.2) is 5.69 Å². The van der Waals surface area contributed by atoms with E-state index < -0.39 is 26.1 Å². The van der Waals surface area contributed by atoms with Crippen molar-refractivity contribution in [1.29, 1.82) is 0 Å². The predicted octanol–water partition coefficient (Wildman–Crippen LogP) is -0.174. The molecule has 2 heterocycles. The number of piperidine rings is 1. The lowest BCUT2D eigenvalue weighted by Crippen LogP contribution is -2.47. The molecule has 0 aromatic carbocycles. The van der Waals surface area contributed by atoms with Crippen molar-refractivity contribution in [2.45, 2.75) is 18.1 Å². The third-order valence-electron chi connectivity index (χ3n) is 3.63. The molecule has 1 aliphatic rings. The van der Waals surface area contributed by atoms with Crippen molar-refractivity contribution in [3.05, 3.63) is 27.9 Å². The highest BCUT2D eigenvalue weighted by molar-refractivity contribution is 7.89. The molecule has 1 fully saturated rings. The van der Waals surface area contributed by atoms with Crippen molar-refractivity contribution in [3.8, 4) is 0 Å². The van der Waals surface area contributed by atoms with E-state index in [1.54, 1.807) is 0 Å². The van der Waals surface area contributed by atoms with Gasteiger partial charge in [0, 0.05) is 19.2 Å². The number of carbonyl (C=O) groups is 1. The summed E-state index contributed by atoms with van der Waals surface area (Å²) in [7, 11) is -2.28. The molecule has 1 amide bonds. The van der Waals surface area contributed by atoms with Gasteiger partial charge in [0.2, 0.25) is 10.0 Å². The van der Waals surface area contributed by atoms with Gasteiger partial charge in [0.25, 0.3) is 5.91 Å². The van der Waals surface area contributed by atoms with E-state index in [1.165, 1.54) is 28.6 Å². The second-order valence-electron chi connectivity index (χ2n) is 5.00. The first-order chi connectivity index (χ1) is 9.71. The van der Waals surface area contributed by atoms with Crippen molar-refractivity contribution >= 4 is 21.7 Å². The molecule has 21 heavy (non-hydrogen) atoms. The van der Waals surface area contributed by atoms with Gasteiger partial charge >= 0.3 is 5.82 Å². The van der Waals surface area contributed by atoms with Crippen LogP contribution in [0.2, 0.25) is 0 Å². The van der Waals surface area contributed by atoms with E-state index in [4.69, 9.17) is 5.14 Å². The van der Waals surface area contributed by atoms with Gasteiger partial charge in [-0.25, -0.2) is 18.1 Å². The molecule has 0 aliphatic carbocycles. The fourth-order valence-corrected chi connectivity index (χ4v) is 3.33. The maximum Gasteiger partial charge on any atom is 0.323 e. The summed E-state index contributed by atoms with van der Waals surface area (Å²) < 4.78 is 24.0. The van der Waals surface area contributed by atoms with Gasteiger partial charge in [-0.2, -0.15) is 0 Å². The lowest BCUT2D eigenvalue weighted by atomic mass is 10.1. The summed E-state index contributed by atoms with van der Waals surface area (Å²) in [5, 5.41) is 15.1. The van der Waals surface area contributed by atoms with Crippen LogP contribution in [0.3, 0.4) is 0 Å². The Kier molecular flexibility index (Phi) is 4.01. The SMILES string of the molecule is Cn1c(C(=O)N2CCCC(S(N)(=O)=O)C2)ccc1[N+](=O)[O-]. The number of nitrogens with zero attached hydrogens (tertiary/aromatic N) is 3. The maximum atomic E-state index is 12.4. The first kappa shape index (κ1) is 15.4. The Bertz CT molecular complexity index is 681. The zero-order valence-electron chi connectivity index (χ0n) is 11.4. The minimum Gasteiger partial charge on any atom is -0.358 e. The van der Waals surface area contributed by atoms with Crippen molar-refractivity contribution in [2.75, 3.05) is 13.1 Å². The van der Waals surface area contributed by atoms with Crippen LogP contribution in [0.5, 0.6) is 0 Å². The monoisotopic (exact) mass is 316 g/mol. The normalized spacial score (nSPS) is 19.5. The van der Waals surface area contributed by atoms with Gasteiger partial charge in [-0.05, 0) is 23.8 Å². The van der Waals surface area contributed by atoms with Crippen LogP contribution in [0.25, 0.3) is 0 Å². The Hall–Kier alpha value is -1.94. The number of hydrogen-bond donors (Lipinski definition) is 1. The largest absolute Gasteiger partial charge is 0.358 e. The van der Waals surface area contributed by atoms with Crippen LogP contribution < -0.4 is 5.14 Å². The Morgan fingerprint density at radius 2 is 2.14 bits per heavy atom. The molecule has 1 saturated heterocycles. The number of nitrogens with two attached hydrogens (primary N) is 1. The Balaban J connectivity index is 2.22. The van der Waals surface area contributed by atoms with E-state index in [-0.39, 0.29) is 18.1 Å². The number of sulfonamides is 1. The van der Waals surface area contributed by atoms with Gasteiger partial charge in [-0.3, -0.25) is 4.79 Å². The van der Waals surface area contributed by atoms with Crippen LogP contribution in [-0.4, -0.2) is 47.1 Å². The van der Waals surface area contributed by atoms with Crippen LogP contribution in [-0.2, 0) is 17.1 Å². The van der Waals surface area contributed by atoms with E-state index in [0.717, 1.165) is 0 Å². The van der Waals surface area contributed by atoms with Crippen LogP contribution in [0.1, 0.15) is 23.3 Å². The van der Waals surface area contributed by atoms with E-state index in [2.05, 4.69) is 0 Å². The number of rotatable bonds is 3. The third-order valence-corrected chi connectivity index (χ3v) is 4.95. The first-order valence-corrected chi connectivity index (χ1v) is 7.93. The summed E-state index contributed by atoms with van der Waals surface area (Å²) >= 11 is 0. The summed E-state index contributed by atoms with van der Waals surface area (Å²) in [6, 6.07) is 2.61. The second kappa shape index (κ2) is 5.45. The predicted molar refractivity (Wildman–Crippen MR) is 74.1 cm³/mol. The summed E-state index contributed by atoms with van der Waals surface area (Å²) in [4.78, 5) is 23.9. The highest BCUT2D eigenvalue weighted by Gasteiger charge is 2.33. The van der Waals surface area contributed by atoms with E-state index >= 15 is 0 Å². The lowest BCUT2D eigenvalue weighted by Gasteiger charge is -2.30.